The Hall–Kier alpha value is -3.81. The minimum absolute atomic E-state index is 0.0161. The number of nitrogens with one attached hydrogen (secondary N) is 1. The van der Waals surface area contributed by atoms with Crippen LogP contribution in [0, 0.1) is 17.6 Å². The minimum Gasteiger partial charge on any atom is -0.494 e. The van der Waals surface area contributed by atoms with E-state index in [-0.39, 0.29) is 28.0 Å². The third-order valence-electron chi connectivity index (χ3n) is 6.19. The second-order valence-corrected chi connectivity index (χ2v) is 9.03. The maximum Gasteiger partial charge on any atom is 0.421 e. The van der Waals surface area contributed by atoms with Crippen LogP contribution < -0.4 is 15.6 Å². The molecule has 4 aromatic rings. The molecular weight excluding hydrogens is 568 g/mol. The van der Waals surface area contributed by atoms with Gasteiger partial charge in [0.15, 0.2) is 11.6 Å². The summed E-state index contributed by atoms with van der Waals surface area (Å²) in [6.45, 7) is -1.32. The average Bonchev–Trinajstić information content (AvgIpc) is 2.89. The number of halogens is 7. The number of pyridine rings is 2. The van der Waals surface area contributed by atoms with Crippen LogP contribution in [-0.4, -0.2) is 47.3 Å². The number of nitrogens with zero attached hydrogens (tertiary/aromatic N) is 2. The highest BCUT2D eigenvalue weighted by Gasteiger charge is 2.60. The fourth-order valence-corrected chi connectivity index (χ4v) is 4.55. The van der Waals surface area contributed by atoms with Gasteiger partial charge in [-0.15, -0.1) is 0 Å². The minimum atomic E-state index is -5.37. The summed E-state index contributed by atoms with van der Waals surface area (Å²) in [4.78, 5) is 16.2. The summed E-state index contributed by atoms with van der Waals surface area (Å²) in [6.07, 6.45) is -4.36. The Morgan fingerprint density at radius 3 is 2.40 bits per heavy atom. The summed E-state index contributed by atoms with van der Waals surface area (Å²) in [5.41, 5.74) is -5.37. The van der Waals surface area contributed by atoms with Gasteiger partial charge in [-0.05, 0) is 42.0 Å². The molecule has 2 aromatic carbocycles. The molecule has 2 unspecified atom stereocenters. The summed E-state index contributed by atoms with van der Waals surface area (Å²) < 4.78 is 96.8. The molecule has 2 heterocycles. The Kier molecular flexibility index (Phi) is 8.01. The van der Waals surface area contributed by atoms with Crippen molar-refractivity contribution in [3.63, 3.8) is 0 Å². The number of rotatable bonds is 8. The molecule has 0 aliphatic carbocycles. The van der Waals surface area contributed by atoms with E-state index < -0.39 is 58.2 Å². The van der Waals surface area contributed by atoms with Crippen molar-refractivity contribution in [3.8, 4) is 11.4 Å². The topological polar surface area (TPSA) is 85.6 Å². The van der Waals surface area contributed by atoms with Gasteiger partial charge in [0.2, 0.25) is 11.5 Å². The number of fused-ring (bicyclic) bond motifs is 1. The quantitative estimate of drug-likeness (QED) is 0.207. The number of anilines is 1. The molecule has 2 N–H and O–H groups in total. The summed E-state index contributed by atoms with van der Waals surface area (Å²) >= 11 is 6.11. The van der Waals surface area contributed by atoms with E-state index in [1.54, 1.807) is 0 Å². The van der Waals surface area contributed by atoms with Crippen LogP contribution in [0.25, 0.3) is 16.6 Å². The van der Waals surface area contributed by atoms with E-state index in [4.69, 9.17) is 16.3 Å². The van der Waals surface area contributed by atoms with Crippen molar-refractivity contribution in [2.24, 2.45) is 0 Å². The zero-order chi connectivity index (χ0) is 29.4. The van der Waals surface area contributed by atoms with Gasteiger partial charge < -0.3 is 19.9 Å². The Bertz CT molecular complexity index is 1610. The van der Waals surface area contributed by atoms with Crippen LogP contribution >= 0.6 is 11.6 Å². The zero-order valence-corrected chi connectivity index (χ0v) is 21.4. The lowest BCUT2D eigenvalue weighted by Crippen LogP contribution is -2.56. The van der Waals surface area contributed by atoms with Crippen LogP contribution in [-0.2, 0) is 4.74 Å². The highest BCUT2D eigenvalue weighted by molar-refractivity contribution is 6.31. The first-order chi connectivity index (χ1) is 18.8. The van der Waals surface area contributed by atoms with Gasteiger partial charge in [0.1, 0.15) is 5.82 Å². The molecule has 2 aromatic heterocycles. The van der Waals surface area contributed by atoms with Crippen molar-refractivity contribution in [2.45, 2.75) is 17.8 Å². The largest absolute Gasteiger partial charge is 0.494 e. The standard InChI is InChI=1S/C26H20ClF6N3O4/c1-39-12-25(38,26(31,32)33)24(16-4-6-19(40-2)23(30)22(16)27)35-17-9-13(28)10-18-15(17)5-8-21(37)36(18)14-3-7-20(29)34-11-14/h3-11,24,35,38H,12H2,1-2H3. The number of benzene rings is 2. The number of methoxy groups -OCH3 is 2. The number of aliphatic hydroxyl groups is 1. The molecule has 0 spiro atoms. The first-order valence-corrected chi connectivity index (χ1v) is 11.7. The summed E-state index contributed by atoms with van der Waals surface area (Å²) in [5, 5.41) is 12.7. The van der Waals surface area contributed by atoms with E-state index in [1.165, 1.54) is 12.1 Å². The van der Waals surface area contributed by atoms with E-state index in [2.05, 4.69) is 15.0 Å². The highest BCUT2D eigenvalue weighted by atomic mass is 35.5. The van der Waals surface area contributed by atoms with Crippen molar-refractivity contribution in [1.82, 2.24) is 9.55 Å². The molecule has 2 atom stereocenters. The molecule has 14 heteroatoms. The molecule has 40 heavy (non-hydrogen) atoms. The molecule has 0 bridgehead atoms. The molecule has 0 aliphatic rings. The summed E-state index contributed by atoms with van der Waals surface area (Å²) in [5.74, 6) is -3.40. The molecule has 4 rings (SSSR count). The molecule has 0 saturated heterocycles. The molecule has 0 fully saturated rings. The van der Waals surface area contributed by atoms with Gasteiger partial charge in [0, 0.05) is 24.2 Å². The van der Waals surface area contributed by atoms with Crippen LogP contribution in [0.2, 0.25) is 5.02 Å². The zero-order valence-electron chi connectivity index (χ0n) is 20.7. The van der Waals surface area contributed by atoms with Gasteiger partial charge in [-0.25, -0.2) is 13.8 Å². The molecule has 0 amide bonds. The van der Waals surface area contributed by atoms with E-state index in [0.29, 0.717) is 0 Å². The monoisotopic (exact) mass is 587 g/mol. The van der Waals surface area contributed by atoms with Gasteiger partial charge in [0.05, 0.1) is 42.2 Å². The number of aromatic nitrogens is 2. The third kappa shape index (κ3) is 5.19. The third-order valence-corrected chi connectivity index (χ3v) is 6.57. The Morgan fingerprint density at radius 2 is 1.80 bits per heavy atom. The second kappa shape index (κ2) is 11.0. The molecular formula is C26H20ClF6N3O4. The maximum atomic E-state index is 14.9. The normalized spacial score (nSPS) is 14.2. The Balaban J connectivity index is 1.99. The lowest BCUT2D eigenvalue weighted by atomic mass is 9.87. The predicted molar refractivity (Wildman–Crippen MR) is 134 cm³/mol. The maximum absolute atomic E-state index is 14.9. The Morgan fingerprint density at radius 1 is 1.07 bits per heavy atom. The van der Waals surface area contributed by atoms with Crippen LogP contribution in [0.4, 0.5) is 32.0 Å². The molecule has 0 saturated carbocycles. The molecule has 0 radical (unpaired) electrons. The number of hydrogen-bond donors (Lipinski definition) is 2. The van der Waals surface area contributed by atoms with E-state index >= 15 is 0 Å². The molecule has 7 nitrogen and oxygen atoms in total. The van der Waals surface area contributed by atoms with Crippen molar-refractivity contribution in [1.29, 1.82) is 0 Å². The van der Waals surface area contributed by atoms with E-state index in [0.717, 1.165) is 61.4 Å². The lowest BCUT2D eigenvalue weighted by molar-refractivity contribution is -0.279. The van der Waals surface area contributed by atoms with E-state index in [9.17, 15) is 36.2 Å². The van der Waals surface area contributed by atoms with Crippen molar-refractivity contribution >= 4 is 28.2 Å². The van der Waals surface area contributed by atoms with Gasteiger partial charge >= 0.3 is 6.18 Å². The van der Waals surface area contributed by atoms with Gasteiger partial charge in [0.25, 0.3) is 5.56 Å². The molecule has 212 valence electrons. The highest BCUT2D eigenvalue weighted by Crippen LogP contribution is 2.46. The van der Waals surface area contributed by atoms with E-state index in [1.807, 2.05) is 0 Å². The van der Waals surface area contributed by atoms with Crippen molar-refractivity contribution < 1.29 is 40.9 Å². The molecule has 0 aliphatic heterocycles. The van der Waals surface area contributed by atoms with Crippen LogP contribution in [0.1, 0.15) is 11.6 Å². The van der Waals surface area contributed by atoms with Crippen LogP contribution in [0.15, 0.2) is 59.5 Å². The van der Waals surface area contributed by atoms with Crippen molar-refractivity contribution in [3.05, 3.63) is 93.2 Å². The predicted octanol–water partition coefficient (Wildman–Crippen LogP) is 5.56. The fraction of sp³-hybridized carbons (Fsp3) is 0.231. The van der Waals surface area contributed by atoms with Gasteiger partial charge in [-0.2, -0.15) is 17.6 Å². The summed E-state index contributed by atoms with van der Waals surface area (Å²) in [7, 11) is 2.03. The lowest BCUT2D eigenvalue weighted by Gasteiger charge is -2.39. The number of hydrogen-bond acceptors (Lipinski definition) is 6. The fourth-order valence-electron chi connectivity index (χ4n) is 4.28. The summed E-state index contributed by atoms with van der Waals surface area (Å²) in [6, 6.07) is 5.94. The first-order valence-electron chi connectivity index (χ1n) is 11.4. The second-order valence-electron chi connectivity index (χ2n) is 8.65. The SMILES string of the molecule is COCC(O)(C(Nc1cc(F)cc2c1ccc(=O)n2-c1ccc(F)nc1)c1ccc(OC)c(F)c1Cl)C(F)(F)F. The van der Waals surface area contributed by atoms with Gasteiger partial charge in [-0.3, -0.25) is 9.36 Å². The average molecular weight is 588 g/mol. The number of alkyl halides is 3. The van der Waals surface area contributed by atoms with Crippen molar-refractivity contribution in [2.75, 3.05) is 26.1 Å². The first kappa shape index (κ1) is 29.2. The van der Waals surface area contributed by atoms with Crippen LogP contribution in [0.5, 0.6) is 5.75 Å². The van der Waals surface area contributed by atoms with Gasteiger partial charge in [-0.1, -0.05) is 17.7 Å². The number of ether oxygens (including phenoxy) is 2. The Labute approximate surface area is 227 Å². The smallest absolute Gasteiger partial charge is 0.421 e. The van der Waals surface area contributed by atoms with Crippen LogP contribution in [0.3, 0.4) is 0 Å².